The van der Waals surface area contributed by atoms with Crippen LogP contribution in [0.15, 0.2) is 18.2 Å². The summed E-state index contributed by atoms with van der Waals surface area (Å²) >= 11 is 2.13. The maximum atomic E-state index is 12.5. The van der Waals surface area contributed by atoms with Crippen LogP contribution in [0.4, 0.5) is 0 Å². The van der Waals surface area contributed by atoms with Gasteiger partial charge in [0, 0.05) is 22.8 Å². The van der Waals surface area contributed by atoms with E-state index in [0.29, 0.717) is 18.5 Å². The fraction of sp³-hybridized carbons (Fsp3) is 0.500. The summed E-state index contributed by atoms with van der Waals surface area (Å²) in [6, 6.07) is 5.13. The topological polar surface area (TPSA) is 60.8 Å². The largest absolute Gasteiger partial charge is 0.507 e. The second-order valence-corrected chi connectivity index (χ2v) is 6.07. The molecular formula is C14H18INO3. The van der Waals surface area contributed by atoms with Gasteiger partial charge in [0.05, 0.1) is 5.56 Å². The van der Waals surface area contributed by atoms with E-state index in [4.69, 9.17) is 5.11 Å². The third-order valence-corrected chi connectivity index (χ3v) is 4.21. The zero-order chi connectivity index (χ0) is 13.8. The first-order valence-corrected chi connectivity index (χ1v) is 7.61. The lowest BCUT2D eigenvalue weighted by atomic mass is 9.98. The molecule has 0 aliphatic carbocycles. The Bertz CT molecular complexity index is 462. The summed E-state index contributed by atoms with van der Waals surface area (Å²) in [6.45, 7) is 0.793. The molecule has 1 unspecified atom stereocenters. The minimum atomic E-state index is -0.130. The summed E-state index contributed by atoms with van der Waals surface area (Å²) < 4.78 is 0.925. The van der Waals surface area contributed by atoms with Gasteiger partial charge in [-0.1, -0.05) is 0 Å². The van der Waals surface area contributed by atoms with E-state index in [1.807, 2.05) is 0 Å². The molecule has 1 atom stereocenters. The Hall–Kier alpha value is -0.820. The van der Waals surface area contributed by atoms with Crippen LogP contribution in [-0.4, -0.2) is 40.2 Å². The van der Waals surface area contributed by atoms with Crippen LogP contribution < -0.4 is 0 Å². The van der Waals surface area contributed by atoms with Gasteiger partial charge in [-0.2, -0.15) is 0 Å². The fourth-order valence-electron chi connectivity index (χ4n) is 2.55. The van der Waals surface area contributed by atoms with E-state index in [2.05, 4.69) is 22.6 Å². The number of rotatable bonds is 3. The minimum Gasteiger partial charge on any atom is -0.507 e. The smallest absolute Gasteiger partial charge is 0.257 e. The average molecular weight is 375 g/mol. The van der Waals surface area contributed by atoms with E-state index in [0.717, 1.165) is 22.8 Å². The van der Waals surface area contributed by atoms with Crippen LogP contribution in [0.25, 0.3) is 0 Å². The Kier molecular flexibility index (Phi) is 5.04. The van der Waals surface area contributed by atoms with Crippen molar-refractivity contribution in [2.24, 2.45) is 0 Å². The van der Waals surface area contributed by atoms with Crippen molar-refractivity contribution in [3.63, 3.8) is 0 Å². The first kappa shape index (κ1) is 14.6. The lowest BCUT2D eigenvalue weighted by molar-refractivity contribution is 0.0571. The van der Waals surface area contributed by atoms with Crippen LogP contribution in [0.1, 0.15) is 36.0 Å². The molecule has 2 N–H and O–H groups in total. The van der Waals surface area contributed by atoms with Crippen LogP contribution in [0.3, 0.4) is 0 Å². The van der Waals surface area contributed by atoms with Gasteiger partial charge >= 0.3 is 0 Å². The van der Waals surface area contributed by atoms with Crippen LogP contribution >= 0.6 is 22.6 Å². The molecular weight excluding hydrogens is 357 g/mol. The van der Waals surface area contributed by atoms with Crippen molar-refractivity contribution < 1.29 is 15.0 Å². The van der Waals surface area contributed by atoms with Crippen LogP contribution in [-0.2, 0) is 0 Å². The van der Waals surface area contributed by atoms with Crippen molar-refractivity contribution in [1.29, 1.82) is 0 Å². The molecule has 0 radical (unpaired) electrons. The number of nitrogens with zero attached hydrogens (tertiary/aromatic N) is 1. The first-order valence-electron chi connectivity index (χ1n) is 6.54. The maximum absolute atomic E-state index is 12.5. The van der Waals surface area contributed by atoms with Gasteiger partial charge in [-0.05, 0) is 66.5 Å². The van der Waals surface area contributed by atoms with Gasteiger partial charge in [0.15, 0.2) is 0 Å². The zero-order valence-electron chi connectivity index (χ0n) is 10.7. The number of carbonyl (C=O) groups excluding carboxylic acids is 1. The number of benzene rings is 1. The van der Waals surface area contributed by atoms with Crippen molar-refractivity contribution in [2.75, 3.05) is 13.2 Å². The first-order chi connectivity index (χ1) is 9.13. The van der Waals surface area contributed by atoms with E-state index in [1.54, 1.807) is 23.1 Å². The van der Waals surface area contributed by atoms with Crippen molar-refractivity contribution in [1.82, 2.24) is 4.90 Å². The predicted molar refractivity (Wildman–Crippen MR) is 81.2 cm³/mol. The molecule has 0 spiro atoms. The predicted octanol–water partition coefficient (Wildman–Crippen LogP) is 2.37. The molecule has 1 fully saturated rings. The van der Waals surface area contributed by atoms with Gasteiger partial charge in [-0.25, -0.2) is 0 Å². The Morgan fingerprint density at radius 2 is 2.21 bits per heavy atom. The number of likely N-dealkylation sites (tertiary alicyclic amines) is 1. The molecule has 0 bridgehead atoms. The Balaban J connectivity index is 2.23. The lowest BCUT2D eigenvalue weighted by Crippen LogP contribution is -2.44. The Morgan fingerprint density at radius 3 is 2.95 bits per heavy atom. The number of hydrogen-bond donors (Lipinski definition) is 2. The highest BCUT2D eigenvalue weighted by Gasteiger charge is 2.28. The SMILES string of the molecule is O=C(c1cc(I)ccc1O)N1CCCCC1CCO. The van der Waals surface area contributed by atoms with E-state index in [-0.39, 0.29) is 24.3 Å². The van der Waals surface area contributed by atoms with E-state index >= 15 is 0 Å². The van der Waals surface area contributed by atoms with Crippen molar-refractivity contribution in [2.45, 2.75) is 31.7 Å². The molecule has 1 aromatic rings. The van der Waals surface area contributed by atoms with Gasteiger partial charge in [0.1, 0.15) is 5.75 Å². The van der Waals surface area contributed by atoms with E-state index < -0.39 is 0 Å². The molecule has 4 nitrogen and oxygen atoms in total. The van der Waals surface area contributed by atoms with Crippen molar-refractivity contribution >= 4 is 28.5 Å². The number of phenols is 1. The number of piperidine rings is 1. The highest BCUT2D eigenvalue weighted by molar-refractivity contribution is 14.1. The number of amides is 1. The van der Waals surface area contributed by atoms with Crippen molar-refractivity contribution in [3.05, 3.63) is 27.3 Å². The van der Waals surface area contributed by atoms with E-state index in [1.165, 1.54) is 0 Å². The van der Waals surface area contributed by atoms with Gasteiger partial charge < -0.3 is 15.1 Å². The number of aliphatic hydroxyl groups excluding tert-OH is 1. The minimum absolute atomic E-state index is 0.0266. The lowest BCUT2D eigenvalue weighted by Gasteiger charge is -2.35. The molecule has 1 saturated heterocycles. The summed E-state index contributed by atoms with van der Waals surface area (Å²) in [4.78, 5) is 14.3. The summed E-state index contributed by atoms with van der Waals surface area (Å²) in [5.41, 5.74) is 0.358. The number of aliphatic hydroxyl groups is 1. The molecule has 1 aliphatic heterocycles. The summed E-state index contributed by atoms with van der Waals surface area (Å²) in [6.07, 6.45) is 3.61. The second kappa shape index (κ2) is 6.56. The molecule has 19 heavy (non-hydrogen) atoms. The maximum Gasteiger partial charge on any atom is 0.257 e. The second-order valence-electron chi connectivity index (χ2n) is 4.82. The third-order valence-electron chi connectivity index (χ3n) is 3.54. The summed E-state index contributed by atoms with van der Waals surface area (Å²) in [5.74, 6) is -0.104. The molecule has 1 aliphatic rings. The highest BCUT2D eigenvalue weighted by atomic mass is 127. The average Bonchev–Trinajstić information content (AvgIpc) is 2.42. The molecule has 5 heteroatoms. The molecule has 1 heterocycles. The van der Waals surface area contributed by atoms with Crippen LogP contribution in [0.5, 0.6) is 5.75 Å². The number of aromatic hydroxyl groups is 1. The van der Waals surface area contributed by atoms with Gasteiger partial charge in [-0.15, -0.1) is 0 Å². The van der Waals surface area contributed by atoms with Gasteiger partial charge in [0.25, 0.3) is 5.91 Å². The molecule has 2 rings (SSSR count). The van der Waals surface area contributed by atoms with Gasteiger partial charge in [-0.3, -0.25) is 4.79 Å². The van der Waals surface area contributed by atoms with Crippen molar-refractivity contribution in [3.8, 4) is 5.75 Å². The number of halogens is 1. The fourth-order valence-corrected chi connectivity index (χ4v) is 3.04. The molecule has 0 aromatic heterocycles. The summed E-state index contributed by atoms with van der Waals surface area (Å²) in [7, 11) is 0. The molecule has 104 valence electrons. The number of hydrogen-bond acceptors (Lipinski definition) is 3. The van der Waals surface area contributed by atoms with Gasteiger partial charge in [0.2, 0.25) is 0 Å². The molecule has 1 amide bonds. The van der Waals surface area contributed by atoms with Crippen LogP contribution in [0, 0.1) is 3.57 Å². The quantitative estimate of drug-likeness (QED) is 0.798. The summed E-state index contributed by atoms with van der Waals surface area (Å²) in [5, 5.41) is 19.0. The highest BCUT2D eigenvalue weighted by Crippen LogP contribution is 2.26. The number of phenolic OH excluding ortho intramolecular Hbond substituents is 1. The standard InChI is InChI=1S/C14H18INO3/c15-10-4-5-13(18)12(9-10)14(19)16-7-2-1-3-11(16)6-8-17/h4-5,9,11,17-18H,1-3,6-8H2. The Morgan fingerprint density at radius 1 is 1.42 bits per heavy atom. The Labute approximate surface area is 126 Å². The molecule has 1 aromatic carbocycles. The van der Waals surface area contributed by atoms with E-state index in [9.17, 15) is 9.90 Å². The zero-order valence-corrected chi connectivity index (χ0v) is 12.8. The number of carbonyl (C=O) groups is 1. The third kappa shape index (κ3) is 3.39. The van der Waals surface area contributed by atoms with Crippen LogP contribution in [0.2, 0.25) is 0 Å². The monoisotopic (exact) mass is 375 g/mol. The molecule has 0 saturated carbocycles. The normalized spacial score (nSPS) is 19.5.